The van der Waals surface area contributed by atoms with E-state index < -0.39 is 29.6 Å². The van der Waals surface area contributed by atoms with Gasteiger partial charge in [-0.2, -0.15) is 5.26 Å². The Labute approximate surface area is 174 Å². The lowest BCUT2D eigenvalue weighted by Crippen LogP contribution is -2.44. The van der Waals surface area contributed by atoms with Gasteiger partial charge < -0.3 is 15.4 Å². The largest absolute Gasteiger partial charge is 0.453 e. The van der Waals surface area contributed by atoms with Gasteiger partial charge in [0.1, 0.15) is 5.54 Å². The fourth-order valence-electron chi connectivity index (χ4n) is 3.80. The normalized spacial score (nSPS) is 18.1. The molecule has 9 nitrogen and oxygen atoms in total. The Kier molecular flexibility index (Phi) is 6.35. The van der Waals surface area contributed by atoms with Gasteiger partial charge in [-0.1, -0.05) is 18.9 Å². The molecule has 1 aliphatic heterocycles. The maximum absolute atomic E-state index is 12.6. The summed E-state index contributed by atoms with van der Waals surface area (Å²) in [5.41, 5.74) is 0.0752. The van der Waals surface area contributed by atoms with E-state index in [1.165, 1.54) is 13.0 Å². The van der Waals surface area contributed by atoms with Crippen LogP contribution in [0.25, 0.3) is 0 Å². The second-order valence-corrected chi connectivity index (χ2v) is 7.59. The van der Waals surface area contributed by atoms with Gasteiger partial charge in [0.15, 0.2) is 6.10 Å². The van der Waals surface area contributed by atoms with E-state index in [1.54, 1.807) is 18.2 Å². The van der Waals surface area contributed by atoms with Gasteiger partial charge in [-0.15, -0.1) is 0 Å². The molecule has 0 radical (unpaired) electrons. The van der Waals surface area contributed by atoms with Gasteiger partial charge in [-0.05, 0) is 44.4 Å². The highest BCUT2D eigenvalue weighted by Gasteiger charge is 2.52. The Hall–Kier alpha value is -3.41. The van der Waals surface area contributed by atoms with Gasteiger partial charge in [-0.25, -0.2) is 4.79 Å². The maximum Gasteiger partial charge on any atom is 0.325 e. The van der Waals surface area contributed by atoms with Crippen LogP contribution in [-0.4, -0.2) is 46.9 Å². The highest BCUT2D eigenvalue weighted by Crippen LogP contribution is 2.35. The van der Waals surface area contributed by atoms with Crippen LogP contribution in [0.15, 0.2) is 24.3 Å². The number of amides is 4. The van der Waals surface area contributed by atoms with Crippen LogP contribution in [0.2, 0.25) is 0 Å². The van der Waals surface area contributed by atoms with E-state index in [-0.39, 0.29) is 25.3 Å². The van der Waals surface area contributed by atoms with Crippen LogP contribution in [0, 0.1) is 11.3 Å². The second kappa shape index (κ2) is 8.95. The third kappa shape index (κ3) is 4.59. The van der Waals surface area contributed by atoms with Crippen LogP contribution < -0.4 is 10.6 Å². The van der Waals surface area contributed by atoms with E-state index in [4.69, 9.17) is 10.00 Å². The molecule has 1 aliphatic carbocycles. The van der Waals surface area contributed by atoms with Crippen LogP contribution in [0.4, 0.5) is 10.5 Å². The number of esters is 1. The van der Waals surface area contributed by atoms with Crippen LogP contribution in [0.5, 0.6) is 0 Å². The first-order valence-corrected chi connectivity index (χ1v) is 9.99. The smallest absolute Gasteiger partial charge is 0.325 e. The molecule has 3 rings (SSSR count). The van der Waals surface area contributed by atoms with Crippen LogP contribution in [0.3, 0.4) is 0 Å². The van der Waals surface area contributed by atoms with Crippen LogP contribution >= 0.6 is 0 Å². The molecule has 1 aromatic rings. The number of imide groups is 1. The number of hydrogen-bond acceptors (Lipinski definition) is 6. The molecule has 4 amide bonds. The molecule has 1 aromatic carbocycles. The Morgan fingerprint density at radius 1 is 1.33 bits per heavy atom. The molecule has 1 atom stereocenters. The first-order chi connectivity index (χ1) is 14.3. The van der Waals surface area contributed by atoms with Gasteiger partial charge in [0, 0.05) is 18.7 Å². The Balaban J connectivity index is 1.43. The van der Waals surface area contributed by atoms with E-state index in [0.29, 0.717) is 24.1 Å². The molecule has 1 heterocycles. The highest BCUT2D eigenvalue weighted by atomic mass is 16.5. The predicted molar refractivity (Wildman–Crippen MR) is 106 cm³/mol. The number of carbonyl (C=O) groups excluding carboxylic acids is 4. The van der Waals surface area contributed by atoms with E-state index in [0.717, 1.165) is 17.7 Å². The monoisotopic (exact) mass is 412 g/mol. The Morgan fingerprint density at radius 3 is 2.77 bits per heavy atom. The number of ether oxygens (including phenoxy) is 1. The van der Waals surface area contributed by atoms with Crippen molar-refractivity contribution >= 4 is 29.5 Å². The zero-order valence-corrected chi connectivity index (χ0v) is 16.8. The summed E-state index contributed by atoms with van der Waals surface area (Å²) in [6, 6.07) is 7.95. The van der Waals surface area contributed by atoms with Crippen molar-refractivity contribution < 1.29 is 23.9 Å². The molecule has 2 N–H and O–H groups in total. The topological polar surface area (TPSA) is 129 Å². The maximum atomic E-state index is 12.6. The fraction of sp³-hybridized carbons (Fsp3) is 0.476. The van der Waals surface area contributed by atoms with Gasteiger partial charge in [0.2, 0.25) is 0 Å². The van der Waals surface area contributed by atoms with Crippen molar-refractivity contribution in [2.45, 2.75) is 57.1 Å². The molecule has 0 aromatic heterocycles. The quantitative estimate of drug-likeness (QED) is 0.521. The molecular weight excluding hydrogens is 388 g/mol. The first kappa shape index (κ1) is 21.3. The number of hydrogen-bond donors (Lipinski definition) is 2. The summed E-state index contributed by atoms with van der Waals surface area (Å²) in [6.45, 7) is 1.58. The third-order valence-corrected chi connectivity index (χ3v) is 5.40. The molecule has 2 fully saturated rings. The molecular formula is C21H24N4O5. The second-order valence-electron chi connectivity index (χ2n) is 7.59. The zero-order chi connectivity index (χ0) is 21.7. The predicted octanol–water partition coefficient (Wildman–Crippen LogP) is 2.07. The molecule has 158 valence electrons. The van der Waals surface area contributed by atoms with Crippen molar-refractivity contribution in [3.8, 4) is 6.07 Å². The Morgan fingerprint density at radius 2 is 2.07 bits per heavy atom. The van der Waals surface area contributed by atoms with Crippen molar-refractivity contribution in [2.24, 2.45) is 0 Å². The molecule has 2 aliphatic rings. The number of nitriles is 1. The van der Waals surface area contributed by atoms with E-state index >= 15 is 0 Å². The van der Waals surface area contributed by atoms with E-state index in [2.05, 4.69) is 10.6 Å². The summed E-state index contributed by atoms with van der Waals surface area (Å²) in [4.78, 5) is 50.1. The average molecular weight is 412 g/mol. The highest BCUT2D eigenvalue weighted by molar-refractivity contribution is 6.07. The number of carbonyl (C=O) groups is 4. The number of anilines is 1. The SMILES string of the molecule is C[C@@H](OC(=O)CCCN1C(=O)NC2(CCCC2)C1=O)C(=O)Nc1cccc(C#N)c1. The summed E-state index contributed by atoms with van der Waals surface area (Å²) in [5, 5.41) is 14.3. The minimum absolute atomic E-state index is 0.0222. The molecule has 30 heavy (non-hydrogen) atoms. The third-order valence-electron chi connectivity index (χ3n) is 5.40. The van der Waals surface area contributed by atoms with Crippen molar-refractivity contribution in [3.05, 3.63) is 29.8 Å². The van der Waals surface area contributed by atoms with Crippen molar-refractivity contribution in [3.63, 3.8) is 0 Å². The Bertz CT molecular complexity index is 901. The summed E-state index contributed by atoms with van der Waals surface area (Å²) in [7, 11) is 0. The summed E-state index contributed by atoms with van der Waals surface area (Å²) >= 11 is 0. The number of nitrogens with zero attached hydrogens (tertiary/aromatic N) is 2. The lowest BCUT2D eigenvalue weighted by molar-refractivity contribution is -0.153. The van der Waals surface area contributed by atoms with Crippen molar-refractivity contribution in [2.75, 3.05) is 11.9 Å². The van der Waals surface area contributed by atoms with Crippen molar-refractivity contribution in [1.29, 1.82) is 5.26 Å². The van der Waals surface area contributed by atoms with E-state index in [1.807, 2.05) is 6.07 Å². The molecule has 0 unspecified atom stereocenters. The molecule has 1 saturated carbocycles. The van der Waals surface area contributed by atoms with Gasteiger partial charge >= 0.3 is 12.0 Å². The van der Waals surface area contributed by atoms with Gasteiger partial charge in [0.05, 0.1) is 11.6 Å². The lowest BCUT2D eigenvalue weighted by Gasteiger charge is -2.20. The van der Waals surface area contributed by atoms with Crippen LogP contribution in [0.1, 0.15) is 51.0 Å². The first-order valence-electron chi connectivity index (χ1n) is 9.99. The van der Waals surface area contributed by atoms with Crippen molar-refractivity contribution in [1.82, 2.24) is 10.2 Å². The van der Waals surface area contributed by atoms with Gasteiger partial charge in [-0.3, -0.25) is 19.3 Å². The standard InChI is InChI=1S/C21H24N4O5/c1-14(18(27)23-16-7-4-6-15(12-16)13-22)30-17(26)8-5-11-25-19(28)21(24-20(25)29)9-2-3-10-21/h4,6-7,12,14H,2-3,5,8-11H2,1H3,(H,23,27)(H,24,29)/t14-/m1/s1. The summed E-state index contributed by atoms with van der Waals surface area (Å²) in [5.74, 6) is -1.33. The van der Waals surface area contributed by atoms with Crippen LogP contribution in [-0.2, 0) is 19.1 Å². The fourth-order valence-corrected chi connectivity index (χ4v) is 3.80. The van der Waals surface area contributed by atoms with E-state index in [9.17, 15) is 19.2 Å². The zero-order valence-electron chi connectivity index (χ0n) is 16.8. The molecule has 0 bridgehead atoms. The molecule has 1 spiro atoms. The number of nitrogens with one attached hydrogen (secondary N) is 2. The number of rotatable bonds is 7. The summed E-state index contributed by atoms with van der Waals surface area (Å²) < 4.78 is 5.13. The average Bonchev–Trinajstić information content (AvgIpc) is 3.28. The molecule has 1 saturated heterocycles. The molecule has 9 heteroatoms. The number of benzene rings is 1. The lowest BCUT2D eigenvalue weighted by atomic mass is 9.98. The summed E-state index contributed by atoms with van der Waals surface area (Å²) in [6.07, 6.45) is 2.33. The minimum atomic E-state index is -1.03. The number of urea groups is 1. The van der Waals surface area contributed by atoms with Gasteiger partial charge in [0.25, 0.3) is 11.8 Å². The minimum Gasteiger partial charge on any atom is -0.453 e.